The van der Waals surface area contributed by atoms with Gasteiger partial charge in [-0.2, -0.15) is 4.98 Å². The van der Waals surface area contributed by atoms with Crippen LogP contribution in [0.15, 0.2) is 52.7 Å². The molecule has 2 aromatic carbocycles. The molecular formula is C25H26N4O6. The number of carbonyl (C=O) groups excluding carboxylic acids is 1. The summed E-state index contributed by atoms with van der Waals surface area (Å²) < 4.78 is 27.3. The normalized spacial score (nSPS) is 17.1. The van der Waals surface area contributed by atoms with Crippen LogP contribution >= 0.6 is 0 Å². The van der Waals surface area contributed by atoms with Crippen LogP contribution in [0.5, 0.6) is 17.2 Å². The van der Waals surface area contributed by atoms with Crippen molar-refractivity contribution in [2.24, 2.45) is 0 Å². The summed E-state index contributed by atoms with van der Waals surface area (Å²) in [6, 6.07) is 12.4. The molecule has 182 valence electrons. The molecule has 3 aromatic rings. The van der Waals surface area contributed by atoms with E-state index in [-0.39, 0.29) is 12.8 Å². The Morgan fingerprint density at radius 3 is 2.71 bits per heavy atom. The number of allylic oxidation sites excluding steroid dienone is 1. The first-order chi connectivity index (χ1) is 17.1. The van der Waals surface area contributed by atoms with Gasteiger partial charge in [0, 0.05) is 18.4 Å². The van der Waals surface area contributed by atoms with Gasteiger partial charge in [0.05, 0.1) is 31.4 Å². The van der Waals surface area contributed by atoms with Gasteiger partial charge in [-0.05, 0) is 49.7 Å². The number of nitrogens with one attached hydrogen (secondary N) is 1. The lowest BCUT2D eigenvalue weighted by Crippen LogP contribution is -2.47. The zero-order chi connectivity index (χ0) is 24.4. The average Bonchev–Trinajstić information content (AvgIpc) is 3.54. The summed E-state index contributed by atoms with van der Waals surface area (Å²) in [6.07, 6.45) is 0. The van der Waals surface area contributed by atoms with Gasteiger partial charge < -0.3 is 28.8 Å². The van der Waals surface area contributed by atoms with Gasteiger partial charge in [0.1, 0.15) is 5.75 Å². The summed E-state index contributed by atoms with van der Waals surface area (Å²) >= 11 is 0. The Balaban J connectivity index is 1.54. The minimum absolute atomic E-state index is 0.184. The number of aromatic nitrogens is 2. The molecule has 0 aliphatic carbocycles. The minimum Gasteiger partial charge on any atom is -0.494 e. The van der Waals surface area contributed by atoms with Crippen molar-refractivity contribution in [3.05, 3.63) is 59.6 Å². The number of nitrogens with zero attached hydrogens (tertiary/aromatic N) is 3. The lowest BCUT2D eigenvalue weighted by atomic mass is 9.94. The molecule has 10 nitrogen and oxygen atoms in total. The predicted octanol–water partition coefficient (Wildman–Crippen LogP) is 4.01. The highest BCUT2D eigenvalue weighted by Gasteiger charge is 2.35. The van der Waals surface area contributed by atoms with Crippen LogP contribution < -0.4 is 19.5 Å². The smallest absolute Gasteiger partial charge is 0.322 e. The Morgan fingerprint density at radius 2 is 1.94 bits per heavy atom. The maximum Gasteiger partial charge on any atom is 0.322 e. The van der Waals surface area contributed by atoms with E-state index in [1.165, 1.54) is 0 Å². The van der Waals surface area contributed by atoms with Crippen LogP contribution in [0.1, 0.15) is 31.3 Å². The van der Waals surface area contributed by atoms with Crippen LogP contribution in [0.3, 0.4) is 0 Å². The van der Waals surface area contributed by atoms with E-state index in [9.17, 15) is 4.79 Å². The third-order valence-electron chi connectivity index (χ3n) is 5.93. The molecule has 5 rings (SSSR count). The number of rotatable bonds is 8. The van der Waals surface area contributed by atoms with Crippen molar-refractivity contribution in [1.29, 1.82) is 0 Å². The third-order valence-corrected chi connectivity index (χ3v) is 5.93. The molecule has 2 amide bonds. The fraction of sp³-hybridized carbons (Fsp3) is 0.320. The van der Waals surface area contributed by atoms with Gasteiger partial charge >= 0.3 is 6.03 Å². The largest absolute Gasteiger partial charge is 0.494 e. The lowest BCUT2D eigenvalue weighted by molar-refractivity contribution is 0.158. The Labute approximate surface area is 202 Å². The first-order valence-electron chi connectivity index (χ1n) is 11.3. The molecule has 0 radical (unpaired) electrons. The second-order valence-electron chi connectivity index (χ2n) is 8.02. The molecule has 0 spiro atoms. The third kappa shape index (κ3) is 4.40. The molecule has 1 aromatic heterocycles. The zero-order valence-electron chi connectivity index (χ0n) is 19.7. The van der Waals surface area contributed by atoms with E-state index in [0.29, 0.717) is 54.2 Å². The zero-order valence-corrected chi connectivity index (χ0v) is 19.7. The number of amides is 2. The highest BCUT2D eigenvalue weighted by Crippen LogP contribution is 2.39. The van der Waals surface area contributed by atoms with Gasteiger partial charge in [-0.25, -0.2) is 4.79 Å². The van der Waals surface area contributed by atoms with Crippen molar-refractivity contribution >= 4 is 11.6 Å². The number of methoxy groups -OCH3 is 1. The van der Waals surface area contributed by atoms with Gasteiger partial charge in [0.15, 0.2) is 11.5 Å². The van der Waals surface area contributed by atoms with Crippen molar-refractivity contribution < 1.29 is 28.3 Å². The van der Waals surface area contributed by atoms with Crippen molar-refractivity contribution in [2.75, 3.05) is 33.7 Å². The summed E-state index contributed by atoms with van der Waals surface area (Å²) in [5.74, 6) is 2.79. The van der Waals surface area contributed by atoms with E-state index in [2.05, 4.69) is 15.5 Å². The monoisotopic (exact) mass is 478 g/mol. The Kier molecular flexibility index (Phi) is 6.28. The van der Waals surface area contributed by atoms with Crippen LogP contribution in [-0.4, -0.2) is 54.7 Å². The molecule has 0 saturated carbocycles. The minimum atomic E-state index is -0.484. The Bertz CT molecular complexity index is 1250. The Morgan fingerprint density at radius 1 is 1.14 bits per heavy atom. The summed E-state index contributed by atoms with van der Waals surface area (Å²) in [4.78, 5) is 19.3. The van der Waals surface area contributed by atoms with Crippen LogP contribution in [0.4, 0.5) is 4.79 Å². The van der Waals surface area contributed by atoms with Gasteiger partial charge in [0.25, 0.3) is 5.89 Å². The fourth-order valence-electron chi connectivity index (χ4n) is 4.17. The Hall–Kier alpha value is -4.05. The number of carbonyl (C=O) groups is 1. The highest BCUT2D eigenvalue weighted by atomic mass is 16.7. The average molecular weight is 479 g/mol. The van der Waals surface area contributed by atoms with Crippen molar-refractivity contribution in [3.63, 3.8) is 0 Å². The SMILES string of the molecule is CCOc1ccc(C2NC(=O)N(CCOC)C(C)=C2c2nc(-c3ccc4c(c3)OCO4)no2)cc1. The summed E-state index contributed by atoms with van der Waals surface area (Å²) in [6.45, 7) is 5.33. The fourth-order valence-corrected chi connectivity index (χ4v) is 4.17. The summed E-state index contributed by atoms with van der Waals surface area (Å²) in [5.41, 5.74) is 3.02. The molecule has 1 N–H and O–H groups in total. The molecule has 35 heavy (non-hydrogen) atoms. The number of urea groups is 1. The van der Waals surface area contributed by atoms with E-state index in [1.54, 1.807) is 12.0 Å². The highest BCUT2D eigenvalue weighted by molar-refractivity contribution is 5.87. The van der Waals surface area contributed by atoms with Crippen molar-refractivity contribution in [1.82, 2.24) is 20.4 Å². The van der Waals surface area contributed by atoms with Gasteiger partial charge in [-0.1, -0.05) is 17.3 Å². The number of benzene rings is 2. The van der Waals surface area contributed by atoms with Gasteiger partial charge in [-0.15, -0.1) is 0 Å². The second-order valence-corrected chi connectivity index (χ2v) is 8.02. The standard InChI is InChI=1S/C25H26N4O6/c1-4-32-18-8-5-16(6-9-18)22-21(15(2)29(11-12-31-3)25(30)26-22)24-27-23(28-35-24)17-7-10-19-20(13-17)34-14-33-19/h5-10,13,22H,4,11-12,14H2,1-3H3,(H,26,30). The molecule has 10 heteroatoms. The molecule has 0 saturated heterocycles. The van der Waals surface area contributed by atoms with E-state index < -0.39 is 6.04 Å². The van der Waals surface area contributed by atoms with Crippen LogP contribution in [0.25, 0.3) is 17.0 Å². The lowest BCUT2D eigenvalue weighted by Gasteiger charge is -2.35. The molecule has 3 heterocycles. The van der Waals surface area contributed by atoms with Crippen LogP contribution in [-0.2, 0) is 4.74 Å². The molecule has 1 unspecified atom stereocenters. The van der Waals surface area contributed by atoms with E-state index in [1.807, 2.05) is 56.3 Å². The second kappa shape index (κ2) is 9.67. The van der Waals surface area contributed by atoms with Gasteiger partial charge in [-0.3, -0.25) is 4.90 Å². The van der Waals surface area contributed by atoms with E-state index >= 15 is 0 Å². The van der Waals surface area contributed by atoms with Crippen LogP contribution in [0, 0.1) is 0 Å². The number of ether oxygens (including phenoxy) is 4. The number of hydrogen-bond donors (Lipinski definition) is 1. The maximum absolute atomic E-state index is 13.0. The van der Waals surface area contributed by atoms with Crippen molar-refractivity contribution in [3.8, 4) is 28.6 Å². The predicted molar refractivity (Wildman–Crippen MR) is 126 cm³/mol. The quantitative estimate of drug-likeness (QED) is 0.517. The molecule has 1 atom stereocenters. The summed E-state index contributed by atoms with van der Waals surface area (Å²) in [5, 5.41) is 7.28. The van der Waals surface area contributed by atoms with Gasteiger partial charge in [0.2, 0.25) is 12.6 Å². The first-order valence-corrected chi connectivity index (χ1v) is 11.3. The molecular weight excluding hydrogens is 452 g/mol. The van der Waals surface area contributed by atoms with E-state index in [0.717, 1.165) is 16.9 Å². The first kappa shape index (κ1) is 22.7. The molecule has 2 aliphatic heterocycles. The molecule has 2 aliphatic rings. The topological polar surface area (TPSA) is 108 Å². The van der Waals surface area contributed by atoms with Crippen molar-refractivity contribution in [2.45, 2.75) is 19.9 Å². The summed E-state index contributed by atoms with van der Waals surface area (Å²) in [7, 11) is 1.60. The number of hydrogen-bond acceptors (Lipinski definition) is 8. The van der Waals surface area contributed by atoms with Crippen LogP contribution in [0.2, 0.25) is 0 Å². The van der Waals surface area contributed by atoms with E-state index in [4.69, 9.17) is 23.5 Å². The number of fused-ring (bicyclic) bond motifs is 1. The molecule has 0 bridgehead atoms. The molecule has 0 fully saturated rings. The maximum atomic E-state index is 13.0.